The van der Waals surface area contributed by atoms with Crippen molar-refractivity contribution in [3.05, 3.63) is 64.9 Å². The van der Waals surface area contributed by atoms with Crippen molar-refractivity contribution < 1.29 is 13.6 Å². The third-order valence-electron chi connectivity index (χ3n) is 2.92. The molecule has 2 N–H and O–H groups in total. The Morgan fingerprint density at radius 2 is 2.00 bits per heavy atom. The van der Waals surface area contributed by atoms with Gasteiger partial charge in [-0.2, -0.15) is 0 Å². The van der Waals surface area contributed by atoms with Gasteiger partial charge in [0.05, 0.1) is 6.42 Å². The van der Waals surface area contributed by atoms with Gasteiger partial charge in [0.15, 0.2) is 11.6 Å². The molecule has 0 aliphatic rings. The Labute approximate surface area is 124 Å². The van der Waals surface area contributed by atoms with Gasteiger partial charge in [0.1, 0.15) is 12.1 Å². The largest absolute Gasteiger partial charge is 0.448 e. The van der Waals surface area contributed by atoms with Gasteiger partial charge in [-0.05, 0) is 29.8 Å². The summed E-state index contributed by atoms with van der Waals surface area (Å²) in [5.41, 5.74) is 6.20. The first-order chi connectivity index (χ1) is 10.1. The van der Waals surface area contributed by atoms with Gasteiger partial charge in [-0.25, -0.2) is 9.37 Å². The molecule has 6 heteroatoms. The number of benzene rings is 1. The van der Waals surface area contributed by atoms with E-state index in [1.54, 1.807) is 23.5 Å². The minimum absolute atomic E-state index is 0.125. The molecule has 0 unspecified atom stereocenters. The molecule has 0 saturated heterocycles. The number of primary amides is 1. The van der Waals surface area contributed by atoms with Crippen LogP contribution in [0.25, 0.3) is 10.4 Å². The van der Waals surface area contributed by atoms with Gasteiger partial charge < -0.3 is 10.2 Å². The van der Waals surface area contributed by atoms with Gasteiger partial charge >= 0.3 is 0 Å². The van der Waals surface area contributed by atoms with Crippen molar-refractivity contribution in [3.8, 4) is 10.4 Å². The lowest BCUT2D eigenvalue weighted by Crippen LogP contribution is -2.11. The number of carbonyl (C=O) groups excluding carboxylic acids is 1. The molecule has 1 amide bonds. The van der Waals surface area contributed by atoms with Crippen molar-refractivity contribution in [1.82, 2.24) is 4.98 Å². The van der Waals surface area contributed by atoms with E-state index >= 15 is 0 Å². The molecule has 0 spiro atoms. The number of carbonyl (C=O) groups is 1. The van der Waals surface area contributed by atoms with Crippen molar-refractivity contribution in [3.63, 3.8) is 0 Å². The van der Waals surface area contributed by atoms with E-state index in [4.69, 9.17) is 10.2 Å². The van der Waals surface area contributed by atoms with Crippen molar-refractivity contribution in [2.24, 2.45) is 5.73 Å². The Balaban J connectivity index is 1.78. The number of amides is 1. The van der Waals surface area contributed by atoms with Crippen LogP contribution in [0, 0.1) is 5.82 Å². The number of nitrogens with zero attached hydrogens (tertiary/aromatic N) is 1. The molecule has 0 bridgehead atoms. The number of hydrogen-bond donors (Lipinski definition) is 1. The summed E-state index contributed by atoms with van der Waals surface area (Å²) in [5, 5.41) is 0. The summed E-state index contributed by atoms with van der Waals surface area (Å²) in [6, 6.07) is 10.3. The van der Waals surface area contributed by atoms with Crippen LogP contribution >= 0.6 is 11.3 Å². The zero-order valence-electron chi connectivity index (χ0n) is 10.9. The first kappa shape index (κ1) is 13.5. The van der Waals surface area contributed by atoms with Crippen LogP contribution in [0.3, 0.4) is 0 Å². The highest BCUT2D eigenvalue weighted by Crippen LogP contribution is 2.29. The quantitative estimate of drug-likeness (QED) is 0.804. The normalized spacial score (nSPS) is 10.7. The lowest BCUT2D eigenvalue weighted by atomic mass is 10.2. The lowest BCUT2D eigenvalue weighted by molar-refractivity contribution is 0.0995. The van der Waals surface area contributed by atoms with E-state index in [0.717, 1.165) is 15.3 Å². The van der Waals surface area contributed by atoms with Gasteiger partial charge in [0.2, 0.25) is 0 Å². The zero-order valence-corrected chi connectivity index (χ0v) is 11.7. The predicted molar refractivity (Wildman–Crippen MR) is 77.5 cm³/mol. The fourth-order valence-corrected chi connectivity index (χ4v) is 2.90. The number of rotatable bonds is 4. The van der Waals surface area contributed by atoms with E-state index in [9.17, 15) is 9.18 Å². The molecule has 0 fully saturated rings. The van der Waals surface area contributed by atoms with E-state index in [-0.39, 0.29) is 11.5 Å². The van der Waals surface area contributed by atoms with Gasteiger partial charge in [-0.15, -0.1) is 11.3 Å². The molecule has 3 rings (SSSR count). The Morgan fingerprint density at radius 1 is 1.24 bits per heavy atom. The molecule has 2 aromatic heterocycles. The zero-order chi connectivity index (χ0) is 14.8. The summed E-state index contributed by atoms with van der Waals surface area (Å²) >= 11 is 1.57. The summed E-state index contributed by atoms with van der Waals surface area (Å²) < 4.78 is 18.1. The summed E-state index contributed by atoms with van der Waals surface area (Å²) in [6.45, 7) is 0. The van der Waals surface area contributed by atoms with Crippen molar-refractivity contribution in [2.45, 2.75) is 6.42 Å². The fraction of sp³-hybridized carbons (Fsp3) is 0.0667. The first-order valence-corrected chi connectivity index (χ1v) is 7.02. The monoisotopic (exact) mass is 302 g/mol. The predicted octanol–water partition coefficient (Wildman–Crippen LogP) is 3.23. The lowest BCUT2D eigenvalue weighted by Gasteiger charge is -1.96. The molecule has 1 aromatic carbocycles. The standard InChI is InChI=1S/C15H11FN2O2S/c16-10-3-1-9(2-4-10)13-6-5-11(21-13)7-14-18-12(8-20-14)15(17)19/h1-6,8H,7H2,(H2,17,19). The molecule has 2 heterocycles. The van der Waals surface area contributed by atoms with Gasteiger partial charge in [-0.1, -0.05) is 12.1 Å². The molecule has 0 aliphatic carbocycles. The third kappa shape index (κ3) is 3.00. The highest BCUT2D eigenvalue weighted by atomic mass is 32.1. The van der Waals surface area contributed by atoms with Crippen LogP contribution in [0.2, 0.25) is 0 Å². The fourth-order valence-electron chi connectivity index (χ4n) is 1.90. The Morgan fingerprint density at radius 3 is 2.67 bits per heavy atom. The van der Waals surface area contributed by atoms with Crippen molar-refractivity contribution >= 4 is 17.2 Å². The van der Waals surface area contributed by atoms with Gasteiger partial charge in [0, 0.05) is 9.75 Å². The Bertz CT molecular complexity index is 777. The number of hydrogen-bond acceptors (Lipinski definition) is 4. The highest BCUT2D eigenvalue weighted by Gasteiger charge is 2.11. The molecular weight excluding hydrogens is 291 g/mol. The third-order valence-corrected chi connectivity index (χ3v) is 4.05. The number of thiophene rings is 1. The molecule has 0 atom stereocenters. The molecule has 21 heavy (non-hydrogen) atoms. The Kier molecular flexibility index (Phi) is 3.53. The van der Waals surface area contributed by atoms with Crippen molar-refractivity contribution in [1.29, 1.82) is 0 Å². The SMILES string of the molecule is NC(=O)c1coc(Cc2ccc(-c3ccc(F)cc3)s2)n1. The minimum atomic E-state index is -0.608. The maximum absolute atomic E-state index is 12.9. The second-order valence-corrected chi connectivity index (χ2v) is 5.61. The van der Waals surface area contributed by atoms with Gasteiger partial charge in [-0.3, -0.25) is 4.79 Å². The van der Waals surface area contributed by atoms with Crippen LogP contribution in [0.4, 0.5) is 4.39 Å². The molecule has 0 radical (unpaired) electrons. The number of aromatic nitrogens is 1. The molecule has 4 nitrogen and oxygen atoms in total. The smallest absolute Gasteiger partial charge is 0.270 e. The maximum atomic E-state index is 12.9. The second kappa shape index (κ2) is 5.49. The van der Waals surface area contributed by atoms with Crippen molar-refractivity contribution in [2.75, 3.05) is 0 Å². The summed E-state index contributed by atoms with van der Waals surface area (Å²) in [4.78, 5) is 17.0. The first-order valence-electron chi connectivity index (χ1n) is 6.20. The summed E-state index contributed by atoms with van der Waals surface area (Å²) in [6.07, 6.45) is 1.74. The molecule has 3 aromatic rings. The summed E-state index contributed by atoms with van der Waals surface area (Å²) in [7, 11) is 0. The van der Waals surface area contributed by atoms with Crippen LogP contribution < -0.4 is 5.73 Å². The van der Waals surface area contributed by atoms with E-state index in [1.807, 2.05) is 12.1 Å². The number of halogens is 1. The molecule has 0 saturated carbocycles. The van der Waals surface area contributed by atoms with E-state index < -0.39 is 5.91 Å². The average molecular weight is 302 g/mol. The maximum Gasteiger partial charge on any atom is 0.270 e. The second-order valence-electron chi connectivity index (χ2n) is 4.44. The minimum Gasteiger partial charge on any atom is -0.448 e. The van der Waals surface area contributed by atoms with Crippen LogP contribution in [0.1, 0.15) is 21.3 Å². The summed E-state index contributed by atoms with van der Waals surface area (Å²) in [5.74, 6) is -0.422. The molecule has 106 valence electrons. The number of nitrogens with two attached hydrogens (primary N) is 1. The van der Waals surface area contributed by atoms with E-state index in [1.165, 1.54) is 18.4 Å². The van der Waals surface area contributed by atoms with Crippen LogP contribution in [0.5, 0.6) is 0 Å². The van der Waals surface area contributed by atoms with Crippen LogP contribution in [-0.2, 0) is 6.42 Å². The average Bonchev–Trinajstić information content (AvgIpc) is 3.10. The molecular formula is C15H11FN2O2S. The molecule has 0 aliphatic heterocycles. The highest BCUT2D eigenvalue weighted by molar-refractivity contribution is 7.15. The van der Waals surface area contributed by atoms with Crippen LogP contribution in [-0.4, -0.2) is 10.9 Å². The van der Waals surface area contributed by atoms with Crippen LogP contribution in [0.15, 0.2) is 47.1 Å². The number of oxazole rings is 1. The van der Waals surface area contributed by atoms with E-state index in [0.29, 0.717) is 12.3 Å². The Hall–Kier alpha value is -2.47. The van der Waals surface area contributed by atoms with Gasteiger partial charge in [0.25, 0.3) is 5.91 Å². The topological polar surface area (TPSA) is 69.1 Å². The van der Waals surface area contributed by atoms with E-state index in [2.05, 4.69) is 4.98 Å².